The summed E-state index contributed by atoms with van der Waals surface area (Å²) in [6, 6.07) is 16.8. The molecule has 3 aliphatic heterocycles. The number of nitrogens with one attached hydrogen (secondary N) is 2. The van der Waals surface area contributed by atoms with Gasteiger partial charge in [-0.1, -0.05) is 26.0 Å². The number of nitrogens with zero attached hydrogens (tertiary/aromatic N) is 8. The highest BCUT2D eigenvalue weighted by Crippen LogP contribution is 2.32. The molecule has 1 aliphatic carbocycles. The van der Waals surface area contributed by atoms with Crippen LogP contribution in [0.1, 0.15) is 79.2 Å². The number of benzene rings is 2. The molecule has 0 spiro atoms. The van der Waals surface area contributed by atoms with Crippen LogP contribution in [0, 0.1) is 0 Å². The van der Waals surface area contributed by atoms with E-state index in [1.807, 2.05) is 50.2 Å². The lowest BCUT2D eigenvalue weighted by Gasteiger charge is -2.36. The molecule has 0 saturated carbocycles. The molecule has 61 heavy (non-hydrogen) atoms. The number of piperidine rings is 1. The zero-order valence-electron chi connectivity index (χ0n) is 34.7. The van der Waals surface area contributed by atoms with Gasteiger partial charge in [-0.15, -0.1) is 6.58 Å². The zero-order chi connectivity index (χ0) is 42.6. The minimum absolute atomic E-state index is 0.186. The third-order valence-electron chi connectivity index (χ3n) is 11.7. The first-order valence-corrected chi connectivity index (χ1v) is 21.3. The van der Waals surface area contributed by atoms with Crippen molar-refractivity contribution in [1.82, 2.24) is 39.4 Å². The van der Waals surface area contributed by atoms with E-state index in [0.717, 1.165) is 74.5 Å². The fourth-order valence-corrected chi connectivity index (χ4v) is 8.53. The maximum atomic E-state index is 13.4. The van der Waals surface area contributed by atoms with Crippen LogP contribution in [-0.2, 0) is 29.1 Å². The summed E-state index contributed by atoms with van der Waals surface area (Å²) in [6.07, 6.45) is 6.42. The molecule has 9 rings (SSSR count). The second kappa shape index (κ2) is 18.1. The smallest absolute Gasteiger partial charge is 0.278 e. The number of ether oxygens (including phenoxy) is 1. The maximum absolute atomic E-state index is 13.4. The number of aromatic nitrogens is 5. The van der Waals surface area contributed by atoms with Gasteiger partial charge in [-0.2, -0.15) is 4.98 Å². The number of unbranched alkanes of at least 4 members (excludes halogenated alkanes) is 1. The standard InChI is InChI=1S/C43H46N10O6.C2H6/c1-2-17-52-42(58)33-25-44-43(48-39(33)53(52)36-15-6-27-5-14-35(54)38(27)46-36)45-29-7-9-30(10-8-29)50-21-19-49(20-22-50)18-3-4-23-59-31-11-12-32-28(24-31)26-51(41(32)57)34-13-16-37(55)47-40(34)56;1-2/h2,6-12,15,24-25,34-35,54H,1,3-5,13-14,16-23,26H2,(H,44,45,48)(H,47,55,56);1-2H3. The van der Waals surface area contributed by atoms with Crippen LogP contribution < -0.4 is 25.8 Å². The fourth-order valence-electron chi connectivity index (χ4n) is 8.53. The Bertz CT molecular complexity index is 2510. The fraction of sp³-hybridized carbons (Fsp3) is 0.400. The van der Waals surface area contributed by atoms with Crippen LogP contribution >= 0.6 is 0 Å². The van der Waals surface area contributed by atoms with Crippen molar-refractivity contribution in [1.29, 1.82) is 0 Å². The van der Waals surface area contributed by atoms with Crippen LogP contribution in [0.4, 0.5) is 17.3 Å². The quantitative estimate of drug-likeness (QED) is 0.0851. The summed E-state index contributed by atoms with van der Waals surface area (Å²) in [5.74, 6) is 0.654. The number of pyridine rings is 1. The number of hydrogen-bond acceptors (Lipinski definition) is 12. The average molecular weight is 829 g/mol. The summed E-state index contributed by atoms with van der Waals surface area (Å²) in [5.41, 5.74) is 5.17. The molecule has 2 aromatic carbocycles. The maximum Gasteiger partial charge on any atom is 0.278 e. The molecule has 2 atom stereocenters. The van der Waals surface area contributed by atoms with Crippen LogP contribution in [-0.4, -0.2) is 102 Å². The highest BCUT2D eigenvalue weighted by atomic mass is 16.5. The van der Waals surface area contributed by atoms with E-state index in [9.17, 15) is 24.3 Å². The van der Waals surface area contributed by atoms with E-state index in [4.69, 9.17) is 14.7 Å². The molecule has 318 valence electrons. The van der Waals surface area contributed by atoms with Crippen molar-refractivity contribution < 1.29 is 24.2 Å². The molecule has 3 aromatic heterocycles. The highest BCUT2D eigenvalue weighted by molar-refractivity contribution is 6.05. The summed E-state index contributed by atoms with van der Waals surface area (Å²) < 4.78 is 9.25. The SMILES string of the molecule is C=CCn1c(=O)c2cnc(Nc3ccc(N4CCN(CCCCOc5ccc6c(c5)CN(C5CCC(=O)NC5=O)C6=O)CC4)cc3)nc2n1-c1ccc2c(n1)C(O)CC2.CC. The largest absolute Gasteiger partial charge is 0.494 e. The predicted octanol–water partition coefficient (Wildman–Crippen LogP) is 4.65. The lowest BCUT2D eigenvalue weighted by atomic mass is 10.0. The van der Waals surface area contributed by atoms with Gasteiger partial charge < -0.3 is 25.0 Å². The number of carbonyl (C=O) groups is 3. The van der Waals surface area contributed by atoms with E-state index in [1.54, 1.807) is 21.7 Å². The molecule has 5 aromatic rings. The van der Waals surface area contributed by atoms with Gasteiger partial charge in [0.15, 0.2) is 11.5 Å². The van der Waals surface area contributed by atoms with Gasteiger partial charge in [0, 0.05) is 62.3 Å². The Morgan fingerprint density at radius 1 is 0.934 bits per heavy atom. The Hall–Kier alpha value is -6.39. The topological polar surface area (TPSA) is 180 Å². The van der Waals surface area contributed by atoms with Gasteiger partial charge in [0.2, 0.25) is 17.8 Å². The van der Waals surface area contributed by atoms with Gasteiger partial charge >= 0.3 is 0 Å². The highest BCUT2D eigenvalue weighted by Gasteiger charge is 2.39. The first-order chi connectivity index (χ1) is 29.7. The Morgan fingerprint density at radius 2 is 1.74 bits per heavy atom. The molecule has 2 fully saturated rings. The first kappa shape index (κ1) is 41.3. The molecule has 3 N–H and O–H groups in total. The van der Waals surface area contributed by atoms with E-state index in [-0.39, 0.29) is 30.3 Å². The third kappa shape index (κ3) is 8.50. The van der Waals surface area contributed by atoms with Crippen molar-refractivity contribution >= 4 is 46.1 Å². The van der Waals surface area contributed by atoms with E-state index in [1.165, 1.54) is 10.9 Å². The van der Waals surface area contributed by atoms with Gasteiger partial charge in [0.25, 0.3) is 11.5 Å². The number of amides is 3. The van der Waals surface area contributed by atoms with Crippen LogP contribution in [0.2, 0.25) is 0 Å². The molecule has 3 amide bonds. The minimum Gasteiger partial charge on any atom is -0.494 e. The number of imide groups is 1. The summed E-state index contributed by atoms with van der Waals surface area (Å²) >= 11 is 0. The van der Waals surface area contributed by atoms with E-state index in [0.29, 0.717) is 65.8 Å². The van der Waals surface area contributed by atoms with Crippen molar-refractivity contribution in [3.8, 4) is 11.6 Å². The lowest BCUT2D eigenvalue weighted by molar-refractivity contribution is -0.136. The van der Waals surface area contributed by atoms with Gasteiger partial charge in [-0.05, 0) is 98.3 Å². The molecule has 0 radical (unpaired) electrons. The third-order valence-corrected chi connectivity index (χ3v) is 11.7. The van der Waals surface area contributed by atoms with E-state index in [2.05, 4.69) is 44.1 Å². The van der Waals surface area contributed by atoms with Crippen LogP contribution in [0.5, 0.6) is 5.75 Å². The number of aryl methyl sites for hydroxylation is 1. The molecule has 2 saturated heterocycles. The Morgan fingerprint density at radius 3 is 2.51 bits per heavy atom. The normalized spacial score (nSPS) is 18.7. The van der Waals surface area contributed by atoms with Gasteiger partial charge in [-0.25, -0.2) is 19.3 Å². The van der Waals surface area contributed by atoms with Gasteiger partial charge in [-0.3, -0.25) is 29.4 Å². The zero-order valence-corrected chi connectivity index (χ0v) is 34.7. The van der Waals surface area contributed by atoms with Crippen LogP contribution in [0.15, 0.2) is 78.2 Å². The molecule has 6 heterocycles. The predicted molar refractivity (Wildman–Crippen MR) is 231 cm³/mol. The molecular weight excluding hydrogens is 777 g/mol. The van der Waals surface area contributed by atoms with Crippen LogP contribution in [0.3, 0.4) is 0 Å². The molecular formula is C45H52N10O6. The number of carbonyl (C=O) groups excluding carboxylic acids is 3. The van der Waals surface area contributed by atoms with Crippen molar-refractivity contribution in [3.63, 3.8) is 0 Å². The van der Waals surface area contributed by atoms with Crippen molar-refractivity contribution in [3.05, 3.63) is 106 Å². The molecule has 4 aliphatic rings. The molecule has 16 heteroatoms. The summed E-state index contributed by atoms with van der Waals surface area (Å²) in [6.45, 7) is 13.7. The number of anilines is 3. The lowest BCUT2D eigenvalue weighted by Crippen LogP contribution is -2.52. The molecule has 0 bridgehead atoms. The number of aliphatic hydroxyl groups is 1. The number of fused-ring (bicyclic) bond motifs is 3. The number of rotatable bonds is 13. The van der Waals surface area contributed by atoms with Gasteiger partial charge in [0.1, 0.15) is 17.2 Å². The van der Waals surface area contributed by atoms with E-state index >= 15 is 0 Å². The van der Waals surface area contributed by atoms with Crippen molar-refractivity contribution in [2.45, 2.75) is 77.6 Å². The first-order valence-electron chi connectivity index (χ1n) is 21.3. The van der Waals surface area contributed by atoms with Crippen molar-refractivity contribution in [2.75, 3.05) is 49.5 Å². The number of allylic oxidation sites excluding steroid dienone is 1. The second-order valence-electron chi connectivity index (χ2n) is 15.5. The minimum atomic E-state index is -0.632. The number of piperazine rings is 1. The van der Waals surface area contributed by atoms with E-state index < -0.39 is 18.1 Å². The Labute approximate surface area is 353 Å². The molecule has 16 nitrogen and oxygen atoms in total. The Kier molecular flexibility index (Phi) is 12.3. The summed E-state index contributed by atoms with van der Waals surface area (Å²) in [4.78, 5) is 70.6. The van der Waals surface area contributed by atoms with Crippen LogP contribution in [0.25, 0.3) is 16.9 Å². The number of hydrogen-bond donors (Lipinski definition) is 3. The van der Waals surface area contributed by atoms with Crippen molar-refractivity contribution in [2.24, 2.45) is 0 Å². The molecule has 2 unspecified atom stereocenters. The van der Waals surface area contributed by atoms with Gasteiger partial charge in [0.05, 0.1) is 24.9 Å². The monoisotopic (exact) mass is 828 g/mol. The summed E-state index contributed by atoms with van der Waals surface area (Å²) in [5, 5.41) is 16.5. The Balaban J connectivity index is 0.00000253. The average Bonchev–Trinajstić information content (AvgIpc) is 3.91. The number of aliphatic hydroxyl groups excluding tert-OH is 1. The summed E-state index contributed by atoms with van der Waals surface area (Å²) in [7, 11) is 0. The second-order valence-corrected chi connectivity index (χ2v) is 15.5.